The molecular weight excluding hydrogens is 206 g/mol. The average molecular weight is 221 g/mol. The molecule has 2 N–H and O–H groups in total. The summed E-state index contributed by atoms with van der Waals surface area (Å²) in [5, 5.41) is 1.11. The van der Waals surface area contributed by atoms with Gasteiger partial charge >= 0.3 is 0 Å². The molecule has 0 aromatic heterocycles. The van der Waals surface area contributed by atoms with Crippen LogP contribution < -0.4 is 10.6 Å². The largest absolute Gasteiger partial charge is 0.326 e. The molecule has 0 radical (unpaired) electrons. The molecule has 0 bridgehead atoms. The van der Waals surface area contributed by atoms with E-state index in [1.54, 1.807) is 11.8 Å². The van der Waals surface area contributed by atoms with Crippen LogP contribution in [0.4, 0.5) is 5.69 Å². The number of benzene rings is 1. The SMILES string of the molecule is CSC1=NCCN1c1ccc(CN)cc1. The molecule has 0 aliphatic carbocycles. The van der Waals surface area contributed by atoms with E-state index in [9.17, 15) is 0 Å². The number of amidine groups is 1. The van der Waals surface area contributed by atoms with Crippen LogP contribution in [0.25, 0.3) is 0 Å². The Morgan fingerprint density at radius 1 is 1.40 bits per heavy atom. The van der Waals surface area contributed by atoms with E-state index in [1.165, 1.54) is 11.3 Å². The predicted molar refractivity (Wildman–Crippen MR) is 67.5 cm³/mol. The normalized spacial score (nSPS) is 15.6. The number of hydrogen-bond donors (Lipinski definition) is 1. The van der Waals surface area contributed by atoms with Crippen LogP contribution in [0.2, 0.25) is 0 Å². The number of hydrogen-bond acceptors (Lipinski definition) is 4. The van der Waals surface area contributed by atoms with E-state index < -0.39 is 0 Å². The quantitative estimate of drug-likeness (QED) is 0.826. The van der Waals surface area contributed by atoms with Crippen LogP contribution in [0, 0.1) is 0 Å². The minimum Gasteiger partial charge on any atom is -0.326 e. The summed E-state index contributed by atoms with van der Waals surface area (Å²) in [6.07, 6.45) is 2.06. The van der Waals surface area contributed by atoms with Crippen LogP contribution in [0.5, 0.6) is 0 Å². The molecule has 3 nitrogen and oxygen atoms in total. The van der Waals surface area contributed by atoms with Gasteiger partial charge in [-0.05, 0) is 24.0 Å². The van der Waals surface area contributed by atoms with Gasteiger partial charge in [0.25, 0.3) is 0 Å². The first-order valence-electron chi connectivity index (χ1n) is 5.00. The molecule has 2 rings (SSSR count). The van der Waals surface area contributed by atoms with E-state index in [4.69, 9.17) is 5.73 Å². The second-order valence-electron chi connectivity index (χ2n) is 3.39. The molecule has 1 aromatic rings. The molecule has 15 heavy (non-hydrogen) atoms. The lowest BCUT2D eigenvalue weighted by atomic mass is 10.2. The number of nitrogens with zero attached hydrogens (tertiary/aromatic N) is 2. The smallest absolute Gasteiger partial charge is 0.163 e. The minimum absolute atomic E-state index is 0.601. The number of thioether (sulfide) groups is 1. The summed E-state index contributed by atoms with van der Waals surface area (Å²) >= 11 is 1.70. The van der Waals surface area contributed by atoms with Gasteiger partial charge in [0.1, 0.15) is 0 Å². The third kappa shape index (κ3) is 2.16. The molecule has 0 spiro atoms. The zero-order valence-corrected chi connectivity index (χ0v) is 9.63. The van der Waals surface area contributed by atoms with Crippen LogP contribution in [0.3, 0.4) is 0 Å². The van der Waals surface area contributed by atoms with Gasteiger partial charge in [0.15, 0.2) is 5.17 Å². The average Bonchev–Trinajstić information content (AvgIpc) is 2.77. The van der Waals surface area contributed by atoms with Crippen molar-refractivity contribution in [2.24, 2.45) is 10.7 Å². The topological polar surface area (TPSA) is 41.6 Å². The Kier molecular flexibility index (Phi) is 3.28. The fourth-order valence-corrected chi connectivity index (χ4v) is 2.29. The Labute approximate surface area is 94.4 Å². The number of nitrogens with two attached hydrogens (primary N) is 1. The lowest BCUT2D eigenvalue weighted by molar-refractivity contribution is 1.02. The lowest BCUT2D eigenvalue weighted by Crippen LogP contribution is -2.24. The van der Waals surface area contributed by atoms with Gasteiger partial charge in [0, 0.05) is 18.8 Å². The van der Waals surface area contributed by atoms with Crippen LogP contribution in [-0.4, -0.2) is 24.5 Å². The van der Waals surface area contributed by atoms with Crippen LogP contribution in [-0.2, 0) is 6.54 Å². The van der Waals surface area contributed by atoms with Gasteiger partial charge < -0.3 is 10.6 Å². The van der Waals surface area contributed by atoms with Gasteiger partial charge in [-0.3, -0.25) is 4.99 Å². The van der Waals surface area contributed by atoms with Crippen LogP contribution >= 0.6 is 11.8 Å². The molecule has 80 valence electrons. The molecular formula is C11H15N3S. The summed E-state index contributed by atoms with van der Waals surface area (Å²) in [6.45, 7) is 2.48. The molecule has 1 heterocycles. The third-order valence-corrected chi connectivity index (χ3v) is 3.18. The van der Waals surface area contributed by atoms with Crippen molar-refractivity contribution >= 4 is 22.6 Å². The highest BCUT2D eigenvalue weighted by Crippen LogP contribution is 2.21. The predicted octanol–water partition coefficient (Wildman–Crippen LogP) is 1.68. The number of rotatable bonds is 2. The van der Waals surface area contributed by atoms with Gasteiger partial charge in [0.05, 0.1) is 6.54 Å². The van der Waals surface area contributed by atoms with Crippen molar-refractivity contribution in [3.63, 3.8) is 0 Å². The van der Waals surface area contributed by atoms with Gasteiger partial charge in [-0.1, -0.05) is 23.9 Å². The van der Waals surface area contributed by atoms with E-state index in [2.05, 4.69) is 40.4 Å². The Bertz CT molecular complexity index is 359. The summed E-state index contributed by atoms with van der Waals surface area (Å²) in [7, 11) is 0. The van der Waals surface area contributed by atoms with Gasteiger partial charge in [-0.15, -0.1) is 0 Å². The number of aliphatic imine (C=N–C) groups is 1. The molecule has 1 aliphatic heterocycles. The maximum atomic E-state index is 5.57. The van der Waals surface area contributed by atoms with Crippen LogP contribution in [0.1, 0.15) is 5.56 Å². The molecule has 4 heteroatoms. The monoisotopic (exact) mass is 221 g/mol. The molecule has 0 amide bonds. The minimum atomic E-state index is 0.601. The van der Waals surface area contributed by atoms with E-state index in [0.29, 0.717) is 6.54 Å². The van der Waals surface area contributed by atoms with Crippen molar-refractivity contribution in [1.82, 2.24) is 0 Å². The summed E-state index contributed by atoms with van der Waals surface area (Å²) < 4.78 is 0. The van der Waals surface area contributed by atoms with E-state index in [0.717, 1.165) is 18.3 Å². The summed E-state index contributed by atoms with van der Waals surface area (Å²) in [4.78, 5) is 6.68. The zero-order chi connectivity index (χ0) is 10.7. The Morgan fingerprint density at radius 3 is 2.73 bits per heavy atom. The molecule has 1 aromatic carbocycles. The Balaban J connectivity index is 2.19. The molecule has 0 fully saturated rings. The summed E-state index contributed by atoms with van der Waals surface area (Å²) in [6, 6.07) is 8.37. The maximum Gasteiger partial charge on any atom is 0.163 e. The first-order valence-corrected chi connectivity index (χ1v) is 6.22. The zero-order valence-electron chi connectivity index (χ0n) is 8.81. The first-order chi connectivity index (χ1) is 7.35. The Hall–Kier alpha value is -1.00. The standard InChI is InChI=1S/C11H15N3S/c1-15-11-13-6-7-14(11)10-4-2-9(8-12)3-5-10/h2-5H,6-8,12H2,1H3. The highest BCUT2D eigenvalue weighted by atomic mass is 32.2. The fraction of sp³-hybridized carbons (Fsp3) is 0.364. The highest BCUT2D eigenvalue weighted by molar-refractivity contribution is 8.13. The van der Waals surface area contributed by atoms with Crippen molar-refractivity contribution in [3.8, 4) is 0 Å². The van der Waals surface area contributed by atoms with Crippen LogP contribution in [0.15, 0.2) is 29.3 Å². The van der Waals surface area contributed by atoms with E-state index in [1.807, 2.05) is 0 Å². The Morgan fingerprint density at radius 2 is 2.13 bits per heavy atom. The van der Waals surface area contributed by atoms with Crippen molar-refractivity contribution in [3.05, 3.63) is 29.8 Å². The second kappa shape index (κ2) is 4.68. The maximum absolute atomic E-state index is 5.57. The fourth-order valence-electron chi connectivity index (χ4n) is 1.65. The van der Waals surface area contributed by atoms with Crippen molar-refractivity contribution < 1.29 is 0 Å². The van der Waals surface area contributed by atoms with E-state index in [-0.39, 0.29) is 0 Å². The molecule has 0 atom stereocenters. The van der Waals surface area contributed by atoms with Crippen molar-refractivity contribution in [1.29, 1.82) is 0 Å². The summed E-state index contributed by atoms with van der Waals surface area (Å²) in [5.41, 5.74) is 7.94. The molecule has 1 aliphatic rings. The molecule has 0 saturated heterocycles. The van der Waals surface area contributed by atoms with Crippen molar-refractivity contribution in [2.45, 2.75) is 6.54 Å². The highest BCUT2D eigenvalue weighted by Gasteiger charge is 2.17. The molecule has 0 unspecified atom stereocenters. The third-order valence-electron chi connectivity index (χ3n) is 2.47. The van der Waals surface area contributed by atoms with Gasteiger partial charge in [0.2, 0.25) is 0 Å². The number of anilines is 1. The second-order valence-corrected chi connectivity index (χ2v) is 4.16. The van der Waals surface area contributed by atoms with Gasteiger partial charge in [-0.2, -0.15) is 0 Å². The lowest BCUT2D eigenvalue weighted by Gasteiger charge is -2.19. The summed E-state index contributed by atoms with van der Waals surface area (Å²) in [5.74, 6) is 0. The molecule has 0 saturated carbocycles. The first kappa shape index (κ1) is 10.5. The van der Waals surface area contributed by atoms with Crippen molar-refractivity contribution in [2.75, 3.05) is 24.2 Å². The van der Waals surface area contributed by atoms with Gasteiger partial charge in [-0.25, -0.2) is 0 Å². The van der Waals surface area contributed by atoms with E-state index >= 15 is 0 Å².